The largest absolute Gasteiger partial charge is 0.465 e. The Kier molecular flexibility index (Phi) is 7.22. The van der Waals surface area contributed by atoms with E-state index >= 15 is 0 Å². The number of amides is 3. The van der Waals surface area contributed by atoms with Crippen molar-refractivity contribution in [3.8, 4) is 0 Å². The van der Waals surface area contributed by atoms with Crippen molar-refractivity contribution in [2.75, 3.05) is 24.2 Å². The second kappa shape index (κ2) is 9.74. The van der Waals surface area contributed by atoms with Gasteiger partial charge < -0.3 is 20.6 Å². The number of carbonyl (C=O) groups excluding carboxylic acids is 1. The standard InChI is InChI=1S/C24H32FN5O3/c1-15-6-8-17(13-26-15)27-22(31)28-19-12-16(7-9-18(19)25)14-29(5)20-10-11-30(23(32)33)21(20)24(2,3)4/h6-9,12-13,20-21H,10-11,14H2,1-5H3,(H,32,33)(H2,27,28,31)/t20-,21?/m1/s1. The van der Waals surface area contributed by atoms with E-state index in [0.717, 1.165) is 17.7 Å². The second-order valence-corrected chi connectivity index (χ2v) is 9.64. The summed E-state index contributed by atoms with van der Waals surface area (Å²) in [5, 5.41) is 14.8. The number of pyridine rings is 1. The van der Waals surface area contributed by atoms with Gasteiger partial charge in [0.15, 0.2) is 0 Å². The highest BCUT2D eigenvalue weighted by molar-refractivity contribution is 5.99. The highest BCUT2D eigenvalue weighted by Crippen LogP contribution is 2.36. The monoisotopic (exact) mass is 457 g/mol. The number of halogens is 1. The fourth-order valence-corrected chi connectivity index (χ4v) is 4.49. The maximum atomic E-state index is 14.4. The zero-order valence-corrected chi connectivity index (χ0v) is 19.7. The number of hydrogen-bond acceptors (Lipinski definition) is 4. The van der Waals surface area contributed by atoms with Crippen molar-refractivity contribution in [2.45, 2.75) is 52.7 Å². The Morgan fingerprint density at radius 2 is 1.97 bits per heavy atom. The summed E-state index contributed by atoms with van der Waals surface area (Å²) >= 11 is 0. The van der Waals surface area contributed by atoms with Gasteiger partial charge in [0.1, 0.15) is 5.82 Å². The summed E-state index contributed by atoms with van der Waals surface area (Å²) < 4.78 is 14.4. The molecule has 2 aromatic rings. The number of nitrogens with one attached hydrogen (secondary N) is 2. The number of hydrogen-bond donors (Lipinski definition) is 3. The number of anilines is 2. The highest BCUT2D eigenvalue weighted by atomic mass is 19.1. The Labute approximate surface area is 193 Å². The fraction of sp³-hybridized carbons (Fsp3) is 0.458. The van der Waals surface area contributed by atoms with Gasteiger partial charge in [-0.1, -0.05) is 26.8 Å². The number of carboxylic acid groups (broad SMARTS) is 1. The normalized spacial score (nSPS) is 18.5. The molecule has 3 rings (SSSR count). The Bertz CT molecular complexity index is 1010. The van der Waals surface area contributed by atoms with Crippen LogP contribution in [0.2, 0.25) is 0 Å². The third kappa shape index (κ3) is 5.98. The zero-order valence-electron chi connectivity index (χ0n) is 19.7. The minimum absolute atomic E-state index is 0.0277. The van der Waals surface area contributed by atoms with E-state index in [0.29, 0.717) is 18.8 Å². The molecule has 0 aliphatic carbocycles. The lowest BCUT2D eigenvalue weighted by Gasteiger charge is -2.40. The van der Waals surface area contributed by atoms with E-state index in [1.54, 1.807) is 24.3 Å². The minimum atomic E-state index is -0.908. The molecule has 1 aromatic heterocycles. The van der Waals surface area contributed by atoms with E-state index in [1.165, 1.54) is 17.2 Å². The number of rotatable bonds is 5. The lowest BCUT2D eigenvalue weighted by molar-refractivity contribution is 0.0706. The molecule has 0 bridgehead atoms. The van der Waals surface area contributed by atoms with E-state index in [9.17, 15) is 19.1 Å². The third-order valence-corrected chi connectivity index (χ3v) is 5.95. The summed E-state index contributed by atoms with van der Waals surface area (Å²) in [7, 11) is 1.95. The molecule has 0 spiro atoms. The number of nitrogens with zero attached hydrogens (tertiary/aromatic N) is 3. The van der Waals surface area contributed by atoms with Crippen LogP contribution in [0.4, 0.5) is 25.4 Å². The van der Waals surface area contributed by atoms with E-state index in [1.807, 2.05) is 34.7 Å². The second-order valence-electron chi connectivity index (χ2n) is 9.64. The molecule has 3 amide bonds. The van der Waals surface area contributed by atoms with Crippen LogP contribution in [0.5, 0.6) is 0 Å². The first-order valence-corrected chi connectivity index (χ1v) is 10.9. The average Bonchev–Trinajstić information content (AvgIpc) is 3.18. The lowest BCUT2D eigenvalue weighted by Crippen LogP contribution is -2.51. The van der Waals surface area contributed by atoms with Crippen LogP contribution in [0.25, 0.3) is 0 Å². The lowest BCUT2D eigenvalue weighted by atomic mass is 9.82. The molecule has 8 nitrogen and oxygen atoms in total. The van der Waals surface area contributed by atoms with E-state index < -0.39 is 17.9 Å². The molecular weight excluding hydrogens is 425 g/mol. The third-order valence-electron chi connectivity index (χ3n) is 5.95. The van der Waals surface area contributed by atoms with E-state index in [2.05, 4.69) is 20.5 Å². The molecule has 33 heavy (non-hydrogen) atoms. The van der Waals surface area contributed by atoms with Crippen LogP contribution in [-0.4, -0.2) is 57.7 Å². The fourth-order valence-electron chi connectivity index (χ4n) is 4.49. The van der Waals surface area contributed by atoms with Crippen LogP contribution in [0.3, 0.4) is 0 Å². The summed E-state index contributed by atoms with van der Waals surface area (Å²) in [6.07, 6.45) is 1.35. The summed E-state index contributed by atoms with van der Waals surface area (Å²) in [4.78, 5) is 31.8. The Morgan fingerprint density at radius 3 is 2.58 bits per heavy atom. The van der Waals surface area contributed by atoms with Gasteiger partial charge in [0.2, 0.25) is 0 Å². The van der Waals surface area contributed by atoms with Gasteiger partial charge in [0, 0.05) is 24.8 Å². The molecule has 1 aliphatic rings. The molecule has 1 saturated heterocycles. The number of likely N-dealkylation sites (N-methyl/N-ethyl adjacent to an activating group) is 1. The average molecular weight is 458 g/mol. The van der Waals surface area contributed by atoms with Crippen LogP contribution < -0.4 is 10.6 Å². The molecule has 3 N–H and O–H groups in total. The summed E-state index contributed by atoms with van der Waals surface area (Å²) in [6, 6.07) is 7.40. The topological polar surface area (TPSA) is 97.8 Å². The van der Waals surface area contributed by atoms with Crippen molar-refractivity contribution in [3.63, 3.8) is 0 Å². The first kappa shape index (κ1) is 24.4. The smallest absolute Gasteiger partial charge is 0.407 e. The number of carbonyl (C=O) groups is 2. The SMILES string of the molecule is Cc1ccc(NC(=O)Nc2cc(CN(C)[C@@H]3CCN(C(=O)O)C3C(C)(C)C)ccc2F)cn1. The van der Waals surface area contributed by atoms with Gasteiger partial charge >= 0.3 is 12.1 Å². The van der Waals surface area contributed by atoms with Crippen molar-refractivity contribution in [2.24, 2.45) is 5.41 Å². The van der Waals surface area contributed by atoms with Gasteiger partial charge in [0.05, 0.1) is 23.6 Å². The highest BCUT2D eigenvalue weighted by Gasteiger charge is 2.45. The van der Waals surface area contributed by atoms with Gasteiger partial charge in [-0.2, -0.15) is 0 Å². The van der Waals surface area contributed by atoms with Gasteiger partial charge in [-0.15, -0.1) is 0 Å². The first-order chi connectivity index (χ1) is 15.5. The first-order valence-electron chi connectivity index (χ1n) is 10.9. The molecule has 1 aliphatic heterocycles. The molecule has 2 heterocycles. The van der Waals surface area contributed by atoms with Crippen molar-refractivity contribution in [3.05, 3.63) is 53.6 Å². The molecule has 178 valence electrons. The van der Waals surface area contributed by atoms with Crippen molar-refractivity contribution >= 4 is 23.5 Å². The predicted octanol–water partition coefficient (Wildman–Crippen LogP) is 4.77. The predicted molar refractivity (Wildman–Crippen MR) is 126 cm³/mol. The molecule has 0 saturated carbocycles. The van der Waals surface area contributed by atoms with Crippen LogP contribution in [0, 0.1) is 18.2 Å². The molecule has 9 heteroatoms. The Balaban J connectivity index is 1.70. The van der Waals surface area contributed by atoms with Gasteiger partial charge in [-0.25, -0.2) is 14.0 Å². The Morgan fingerprint density at radius 1 is 1.24 bits per heavy atom. The van der Waals surface area contributed by atoms with Crippen LogP contribution in [-0.2, 0) is 6.54 Å². The van der Waals surface area contributed by atoms with Gasteiger partial charge in [-0.3, -0.25) is 9.88 Å². The van der Waals surface area contributed by atoms with E-state index in [4.69, 9.17) is 0 Å². The summed E-state index contributed by atoms with van der Waals surface area (Å²) in [5.74, 6) is -0.538. The van der Waals surface area contributed by atoms with Gasteiger partial charge in [-0.05, 0) is 55.6 Å². The van der Waals surface area contributed by atoms with Gasteiger partial charge in [0.25, 0.3) is 0 Å². The quantitative estimate of drug-likeness (QED) is 0.601. The van der Waals surface area contributed by atoms with Crippen molar-refractivity contribution in [1.29, 1.82) is 0 Å². The number of aryl methyl sites for hydroxylation is 1. The van der Waals surface area contributed by atoms with Crippen LogP contribution in [0.15, 0.2) is 36.5 Å². The molecule has 1 fully saturated rings. The summed E-state index contributed by atoms with van der Waals surface area (Å²) in [5.41, 5.74) is 1.99. The maximum absolute atomic E-state index is 14.4. The molecular formula is C24H32FN5O3. The van der Waals surface area contributed by atoms with Crippen LogP contribution in [0.1, 0.15) is 38.4 Å². The zero-order chi connectivity index (χ0) is 24.3. The van der Waals surface area contributed by atoms with E-state index in [-0.39, 0.29) is 23.2 Å². The molecule has 1 aromatic carbocycles. The maximum Gasteiger partial charge on any atom is 0.407 e. The number of likely N-dealkylation sites (tertiary alicyclic amines) is 1. The number of urea groups is 1. The molecule has 1 unspecified atom stereocenters. The molecule has 2 atom stereocenters. The van der Waals surface area contributed by atoms with Crippen molar-refractivity contribution in [1.82, 2.24) is 14.8 Å². The molecule has 0 radical (unpaired) electrons. The minimum Gasteiger partial charge on any atom is -0.465 e. The van der Waals surface area contributed by atoms with Crippen LogP contribution >= 0.6 is 0 Å². The number of benzene rings is 1. The number of aromatic nitrogens is 1. The van der Waals surface area contributed by atoms with Crippen molar-refractivity contribution < 1.29 is 19.1 Å². The summed E-state index contributed by atoms with van der Waals surface area (Å²) in [6.45, 7) is 8.95. The Hall–Kier alpha value is -3.20.